The fourth-order valence-corrected chi connectivity index (χ4v) is 7.28. The van der Waals surface area contributed by atoms with E-state index in [0.717, 1.165) is 51.4 Å². The predicted molar refractivity (Wildman–Crippen MR) is 181 cm³/mol. The summed E-state index contributed by atoms with van der Waals surface area (Å²) in [5, 5.41) is 0. The minimum absolute atomic E-state index is 0.651. The molecule has 248 valence electrons. The second kappa shape index (κ2) is 30.1. The van der Waals surface area contributed by atoms with Crippen LogP contribution in [0, 0.1) is 0 Å². The lowest BCUT2D eigenvalue weighted by atomic mass is 9.86. The fourth-order valence-electron chi connectivity index (χ4n) is 6.50. The normalized spacial score (nSPS) is 12.4. The molecule has 0 atom stereocenters. The molecule has 0 fully saturated rings. The monoisotopic (exact) mass is 603 g/mol. The topological polar surface area (TPSA) is 66.8 Å². The maximum Gasteiger partial charge on any atom is 0.470 e. The fraction of sp³-hybridized carbons (Fsp3) is 1.00. The molecule has 0 rings (SSSR count). The first-order chi connectivity index (χ1) is 19.9. The predicted octanol–water partition coefficient (Wildman–Crippen LogP) is 13.4. The molecule has 5 heteroatoms. The molecular weight excluding hydrogens is 527 g/mol. The van der Waals surface area contributed by atoms with Crippen LogP contribution in [0.2, 0.25) is 0 Å². The molecule has 0 aromatic rings. The van der Waals surface area contributed by atoms with Gasteiger partial charge in [0.2, 0.25) is 0 Å². The van der Waals surface area contributed by atoms with Crippen molar-refractivity contribution in [1.82, 2.24) is 0 Å². The number of phosphoric ester groups is 1. The van der Waals surface area contributed by atoms with Gasteiger partial charge in [0.05, 0.1) is 5.60 Å². The van der Waals surface area contributed by atoms with Gasteiger partial charge >= 0.3 is 7.82 Å². The molecule has 0 bridgehead atoms. The van der Waals surface area contributed by atoms with Gasteiger partial charge in [0, 0.05) is 0 Å². The largest absolute Gasteiger partial charge is 0.470 e. The Balaban J connectivity index is 4.03. The van der Waals surface area contributed by atoms with Crippen LogP contribution in [-0.2, 0) is 9.09 Å². The third kappa shape index (κ3) is 29.9. The minimum atomic E-state index is -4.49. The van der Waals surface area contributed by atoms with E-state index >= 15 is 0 Å². The maximum absolute atomic E-state index is 11.9. The number of hydrogen-bond donors (Lipinski definition) is 2. The van der Waals surface area contributed by atoms with Gasteiger partial charge in [-0.2, -0.15) is 0 Å². The average molecular weight is 603 g/mol. The highest BCUT2D eigenvalue weighted by Crippen LogP contribution is 2.47. The quantitative estimate of drug-likeness (QED) is 0.0568. The molecule has 0 heterocycles. The lowest BCUT2D eigenvalue weighted by Gasteiger charge is -2.34. The number of phosphoric acid groups is 1. The molecule has 0 spiro atoms. The summed E-state index contributed by atoms with van der Waals surface area (Å²) in [6.45, 7) is 6.66. The maximum atomic E-state index is 11.9. The molecule has 0 aliphatic heterocycles. The van der Waals surface area contributed by atoms with Crippen molar-refractivity contribution in [3.63, 3.8) is 0 Å². The molecule has 0 saturated carbocycles. The molecule has 41 heavy (non-hydrogen) atoms. The Labute approximate surface area is 258 Å². The van der Waals surface area contributed by atoms with Gasteiger partial charge in [0.15, 0.2) is 0 Å². The van der Waals surface area contributed by atoms with Crippen molar-refractivity contribution in [2.24, 2.45) is 0 Å². The van der Waals surface area contributed by atoms with Gasteiger partial charge in [0.1, 0.15) is 0 Å². The first-order valence-electron chi connectivity index (χ1n) is 18.7. The molecule has 4 nitrogen and oxygen atoms in total. The SMILES string of the molecule is CCCCCCCCCCCCCCCCC(CCC)(CCCCCCCCCCCCCCCC)OP(=O)(O)O. The van der Waals surface area contributed by atoms with E-state index in [1.807, 2.05) is 0 Å². The van der Waals surface area contributed by atoms with E-state index in [2.05, 4.69) is 20.8 Å². The van der Waals surface area contributed by atoms with Crippen LogP contribution in [0.25, 0.3) is 0 Å². The molecule has 0 aromatic carbocycles. The van der Waals surface area contributed by atoms with E-state index in [-0.39, 0.29) is 0 Å². The van der Waals surface area contributed by atoms with E-state index in [4.69, 9.17) is 4.52 Å². The molecule has 0 aliphatic rings. The van der Waals surface area contributed by atoms with E-state index in [9.17, 15) is 14.4 Å². The van der Waals surface area contributed by atoms with E-state index in [0.29, 0.717) is 0 Å². The molecule has 0 saturated heterocycles. The van der Waals surface area contributed by atoms with Gasteiger partial charge in [0.25, 0.3) is 0 Å². The highest BCUT2D eigenvalue weighted by atomic mass is 31.2. The van der Waals surface area contributed by atoms with Crippen molar-refractivity contribution < 1.29 is 18.9 Å². The molecule has 0 aliphatic carbocycles. The molecule has 2 N–H and O–H groups in total. The van der Waals surface area contributed by atoms with Crippen LogP contribution < -0.4 is 0 Å². The summed E-state index contributed by atoms with van der Waals surface area (Å²) < 4.78 is 17.4. The Hall–Kier alpha value is 0.110. The average Bonchev–Trinajstić information content (AvgIpc) is 2.92. The molecule has 0 unspecified atom stereocenters. The van der Waals surface area contributed by atoms with Gasteiger partial charge in [-0.25, -0.2) is 4.57 Å². The Bertz CT molecular complexity index is 530. The standard InChI is InChI=1S/C36H75O4P/c1-4-7-9-11-13-15-17-19-21-23-25-27-29-31-34-36(33-6-3,40-41(37,38)39)35-32-30-28-26-24-22-20-18-16-14-12-10-8-5-2/h4-35H2,1-3H3,(H2,37,38,39). The van der Waals surface area contributed by atoms with Crippen molar-refractivity contribution in [2.45, 2.75) is 232 Å². The number of rotatable bonds is 34. The first-order valence-corrected chi connectivity index (χ1v) is 20.2. The zero-order valence-electron chi connectivity index (χ0n) is 28.3. The van der Waals surface area contributed by atoms with E-state index in [1.54, 1.807) is 0 Å². The summed E-state index contributed by atoms with van der Waals surface area (Å²) in [6, 6.07) is 0. The lowest BCUT2D eigenvalue weighted by molar-refractivity contribution is 0.00682. The van der Waals surface area contributed by atoms with Crippen LogP contribution in [0.4, 0.5) is 0 Å². The Morgan fingerprint density at radius 3 is 0.854 bits per heavy atom. The lowest BCUT2D eigenvalue weighted by Crippen LogP contribution is -2.31. The van der Waals surface area contributed by atoms with Crippen molar-refractivity contribution in [2.75, 3.05) is 0 Å². The van der Waals surface area contributed by atoms with Crippen molar-refractivity contribution in [3.8, 4) is 0 Å². The molecular formula is C36H75O4P. The second-order valence-electron chi connectivity index (χ2n) is 13.2. The smallest absolute Gasteiger partial charge is 0.303 e. The minimum Gasteiger partial charge on any atom is -0.303 e. The van der Waals surface area contributed by atoms with Gasteiger partial charge in [-0.3, -0.25) is 4.52 Å². The van der Waals surface area contributed by atoms with Gasteiger partial charge in [-0.05, 0) is 19.3 Å². The highest BCUT2D eigenvalue weighted by Gasteiger charge is 2.36. The first kappa shape index (κ1) is 41.1. The van der Waals surface area contributed by atoms with Gasteiger partial charge in [-0.15, -0.1) is 0 Å². The molecule has 0 aromatic heterocycles. The molecule has 0 amide bonds. The van der Waals surface area contributed by atoms with Crippen molar-refractivity contribution in [1.29, 1.82) is 0 Å². The molecule has 0 radical (unpaired) electrons. The van der Waals surface area contributed by atoms with Crippen LogP contribution in [0.15, 0.2) is 0 Å². The Morgan fingerprint density at radius 1 is 0.390 bits per heavy atom. The van der Waals surface area contributed by atoms with Crippen LogP contribution in [-0.4, -0.2) is 15.4 Å². The zero-order chi connectivity index (χ0) is 30.3. The van der Waals surface area contributed by atoms with Gasteiger partial charge in [-0.1, -0.05) is 207 Å². The van der Waals surface area contributed by atoms with Crippen molar-refractivity contribution in [3.05, 3.63) is 0 Å². The van der Waals surface area contributed by atoms with E-state index < -0.39 is 13.4 Å². The van der Waals surface area contributed by atoms with Crippen LogP contribution in [0.1, 0.15) is 226 Å². The van der Waals surface area contributed by atoms with Crippen molar-refractivity contribution >= 4 is 7.82 Å². The zero-order valence-corrected chi connectivity index (χ0v) is 29.2. The van der Waals surface area contributed by atoms with Crippen LogP contribution in [0.5, 0.6) is 0 Å². The summed E-state index contributed by atoms with van der Waals surface area (Å²) in [7, 11) is -4.49. The third-order valence-corrected chi connectivity index (χ3v) is 9.62. The number of hydrogen-bond acceptors (Lipinski definition) is 2. The van der Waals surface area contributed by atoms with Crippen LogP contribution in [0.3, 0.4) is 0 Å². The third-order valence-electron chi connectivity index (χ3n) is 8.99. The van der Waals surface area contributed by atoms with E-state index in [1.165, 1.54) is 154 Å². The summed E-state index contributed by atoms with van der Waals surface area (Å²) in [5.41, 5.74) is -0.651. The second-order valence-corrected chi connectivity index (χ2v) is 14.4. The van der Waals surface area contributed by atoms with Gasteiger partial charge < -0.3 is 9.79 Å². The Kier molecular flexibility index (Phi) is 30.2. The highest BCUT2D eigenvalue weighted by molar-refractivity contribution is 7.46. The van der Waals surface area contributed by atoms with Crippen LogP contribution >= 0.6 is 7.82 Å². The number of unbranched alkanes of at least 4 members (excludes halogenated alkanes) is 26. The summed E-state index contributed by atoms with van der Waals surface area (Å²) in [4.78, 5) is 19.4. The Morgan fingerprint density at radius 2 is 0.634 bits per heavy atom. The summed E-state index contributed by atoms with van der Waals surface area (Å²) >= 11 is 0. The summed E-state index contributed by atoms with van der Waals surface area (Å²) in [6.07, 6.45) is 40.2. The summed E-state index contributed by atoms with van der Waals surface area (Å²) in [5.74, 6) is 0.